The quantitative estimate of drug-likeness (QED) is 0.743. The van der Waals surface area contributed by atoms with Crippen LogP contribution in [0.15, 0.2) is 12.1 Å². The maximum atomic E-state index is 5.48. The summed E-state index contributed by atoms with van der Waals surface area (Å²) >= 11 is 7.34. The number of hydrogen-bond acceptors (Lipinski definition) is 3. The zero-order valence-electron chi connectivity index (χ0n) is 11.9. The summed E-state index contributed by atoms with van der Waals surface area (Å²) in [5.41, 5.74) is 3.16. The fourth-order valence-corrected chi connectivity index (χ4v) is 3.68. The van der Waals surface area contributed by atoms with Gasteiger partial charge in [-0.1, -0.05) is 6.92 Å². The summed E-state index contributed by atoms with van der Waals surface area (Å²) in [6.07, 6.45) is 1.09. The highest BCUT2D eigenvalue weighted by Crippen LogP contribution is 2.22. The summed E-state index contributed by atoms with van der Waals surface area (Å²) in [4.78, 5) is 6.04. The molecule has 0 aliphatic carbocycles. The molecule has 0 aromatic carbocycles. The van der Waals surface area contributed by atoms with E-state index in [1.165, 1.54) is 9.75 Å². The van der Waals surface area contributed by atoms with Crippen molar-refractivity contribution in [3.05, 3.63) is 32.4 Å². The number of aromatic nitrogens is 4. The summed E-state index contributed by atoms with van der Waals surface area (Å²) in [6, 6.07) is 4.40. The molecule has 0 aliphatic heterocycles. The number of aromatic amines is 1. The third-order valence-corrected chi connectivity index (χ3v) is 5.05. The summed E-state index contributed by atoms with van der Waals surface area (Å²) in [6.45, 7) is 7.97. The van der Waals surface area contributed by atoms with E-state index in [0.29, 0.717) is 0 Å². The summed E-state index contributed by atoms with van der Waals surface area (Å²) in [5.74, 6) is 0. The van der Waals surface area contributed by atoms with E-state index in [1.54, 1.807) is 0 Å². The Morgan fingerprint density at radius 2 is 2.05 bits per heavy atom. The second kappa shape index (κ2) is 5.18. The smallest absolute Gasteiger partial charge is 0.179 e. The van der Waals surface area contributed by atoms with E-state index in [-0.39, 0.29) is 0 Å². The van der Waals surface area contributed by atoms with Crippen molar-refractivity contribution in [1.82, 2.24) is 19.3 Å². The molecule has 1 N–H and O–H groups in total. The van der Waals surface area contributed by atoms with Gasteiger partial charge in [-0.2, -0.15) is 5.10 Å². The van der Waals surface area contributed by atoms with Gasteiger partial charge in [0.15, 0.2) is 10.4 Å². The number of hydrogen-bond donors (Lipinski definition) is 1. The number of thiophene rings is 1. The van der Waals surface area contributed by atoms with Crippen LogP contribution in [0.4, 0.5) is 0 Å². The lowest BCUT2D eigenvalue weighted by molar-refractivity contribution is 0.645. The molecule has 0 atom stereocenters. The van der Waals surface area contributed by atoms with Crippen molar-refractivity contribution in [2.75, 3.05) is 0 Å². The maximum absolute atomic E-state index is 5.48. The van der Waals surface area contributed by atoms with Crippen LogP contribution in [0.25, 0.3) is 11.2 Å². The van der Waals surface area contributed by atoms with Crippen LogP contribution in [-0.2, 0) is 19.5 Å². The summed E-state index contributed by atoms with van der Waals surface area (Å²) < 4.78 is 4.94. The number of fused-ring (bicyclic) bond motifs is 1. The van der Waals surface area contributed by atoms with Gasteiger partial charge in [-0.15, -0.1) is 11.3 Å². The van der Waals surface area contributed by atoms with Crippen LogP contribution >= 0.6 is 23.6 Å². The van der Waals surface area contributed by atoms with Gasteiger partial charge in [0.05, 0.1) is 12.2 Å². The lowest BCUT2D eigenvalue weighted by Gasteiger charge is -2.04. The number of rotatable bonds is 4. The first-order valence-corrected chi connectivity index (χ1v) is 8.10. The molecule has 3 heterocycles. The SMILES string of the molecule is CCc1ccc(Cn2c(=S)[nH]c3c(C)nn(CC)c32)s1. The molecule has 3 rings (SSSR count). The van der Waals surface area contributed by atoms with Crippen LogP contribution in [0.5, 0.6) is 0 Å². The average molecular weight is 306 g/mol. The van der Waals surface area contributed by atoms with Gasteiger partial charge in [0.25, 0.3) is 0 Å². The molecule has 0 bridgehead atoms. The summed E-state index contributed by atoms with van der Waals surface area (Å²) in [7, 11) is 0. The molecule has 0 aliphatic rings. The third-order valence-electron chi connectivity index (χ3n) is 3.51. The number of imidazole rings is 1. The normalized spacial score (nSPS) is 11.6. The van der Waals surface area contributed by atoms with Crippen LogP contribution in [-0.4, -0.2) is 19.3 Å². The molecule has 0 amide bonds. The van der Waals surface area contributed by atoms with E-state index < -0.39 is 0 Å². The fraction of sp³-hybridized carbons (Fsp3) is 0.429. The van der Waals surface area contributed by atoms with Crippen molar-refractivity contribution in [2.45, 2.75) is 40.3 Å². The molecule has 20 heavy (non-hydrogen) atoms. The van der Waals surface area contributed by atoms with Crippen molar-refractivity contribution in [2.24, 2.45) is 0 Å². The lowest BCUT2D eigenvalue weighted by Crippen LogP contribution is -2.05. The topological polar surface area (TPSA) is 38.5 Å². The van der Waals surface area contributed by atoms with Gasteiger partial charge in [0.2, 0.25) is 0 Å². The predicted molar refractivity (Wildman–Crippen MR) is 86.1 cm³/mol. The maximum Gasteiger partial charge on any atom is 0.179 e. The lowest BCUT2D eigenvalue weighted by atomic mass is 10.3. The summed E-state index contributed by atoms with van der Waals surface area (Å²) in [5, 5.41) is 4.55. The Kier molecular flexibility index (Phi) is 3.52. The molecule has 0 saturated carbocycles. The Hall–Kier alpha value is -1.40. The zero-order chi connectivity index (χ0) is 14.3. The molecular formula is C14H18N4S2. The van der Waals surface area contributed by atoms with Crippen molar-refractivity contribution in [3.8, 4) is 0 Å². The van der Waals surface area contributed by atoms with E-state index in [1.807, 2.05) is 22.9 Å². The molecule has 3 aromatic heterocycles. The molecular weight excluding hydrogens is 288 g/mol. The molecule has 0 saturated heterocycles. The van der Waals surface area contributed by atoms with Gasteiger partial charge < -0.3 is 4.98 Å². The molecule has 0 unspecified atom stereocenters. The van der Waals surface area contributed by atoms with Crippen molar-refractivity contribution in [1.29, 1.82) is 0 Å². The average Bonchev–Trinajstić information content (AvgIpc) is 3.09. The van der Waals surface area contributed by atoms with Crippen molar-refractivity contribution >= 4 is 34.7 Å². The third kappa shape index (κ3) is 2.13. The largest absolute Gasteiger partial charge is 0.328 e. The van der Waals surface area contributed by atoms with Crippen molar-refractivity contribution in [3.63, 3.8) is 0 Å². The molecule has 0 radical (unpaired) electrons. The monoisotopic (exact) mass is 306 g/mol. The Morgan fingerprint density at radius 3 is 2.70 bits per heavy atom. The first-order valence-electron chi connectivity index (χ1n) is 6.87. The number of H-pyrrole nitrogens is 1. The van der Waals surface area contributed by atoms with Crippen molar-refractivity contribution < 1.29 is 0 Å². The van der Waals surface area contributed by atoms with E-state index >= 15 is 0 Å². The molecule has 3 aromatic rings. The van der Waals surface area contributed by atoms with Crippen LogP contribution in [0.1, 0.15) is 29.3 Å². The number of nitrogens with one attached hydrogen (secondary N) is 1. The van der Waals surface area contributed by atoms with E-state index in [9.17, 15) is 0 Å². The molecule has 6 heteroatoms. The Morgan fingerprint density at radius 1 is 1.30 bits per heavy atom. The van der Waals surface area contributed by atoms with Gasteiger partial charge in [0, 0.05) is 16.3 Å². The minimum absolute atomic E-state index is 0.772. The molecule has 0 spiro atoms. The van der Waals surface area contributed by atoms with E-state index in [2.05, 4.69) is 40.6 Å². The second-order valence-corrected chi connectivity index (χ2v) is 6.48. The van der Waals surface area contributed by atoms with Crippen LogP contribution < -0.4 is 0 Å². The minimum Gasteiger partial charge on any atom is -0.328 e. The Balaban J connectivity index is 2.10. The van der Waals surface area contributed by atoms with E-state index in [0.717, 1.165) is 41.1 Å². The molecule has 0 fully saturated rings. The van der Waals surface area contributed by atoms with Gasteiger partial charge >= 0.3 is 0 Å². The highest BCUT2D eigenvalue weighted by molar-refractivity contribution is 7.71. The Labute approximate surface area is 127 Å². The van der Waals surface area contributed by atoms with Gasteiger partial charge in [-0.05, 0) is 44.6 Å². The Bertz CT molecular complexity index is 803. The highest BCUT2D eigenvalue weighted by Gasteiger charge is 2.14. The minimum atomic E-state index is 0.772. The van der Waals surface area contributed by atoms with Gasteiger partial charge in [0.1, 0.15) is 5.52 Å². The van der Waals surface area contributed by atoms with E-state index in [4.69, 9.17) is 12.2 Å². The molecule has 4 nitrogen and oxygen atoms in total. The highest BCUT2D eigenvalue weighted by atomic mass is 32.1. The van der Waals surface area contributed by atoms with Gasteiger partial charge in [-0.25, -0.2) is 4.68 Å². The van der Waals surface area contributed by atoms with Crippen LogP contribution in [0.3, 0.4) is 0 Å². The van der Waals surface area contributed by atoms with Crippen LogP contribution in [0, 0.1) is 11.7 Å². The fourth-order valence-electron chi connectivity index (χ4n) is 2.48. The standard InChI is InChI=1S/C14H18N4S2/c1-4-10-6-7-11(20-10)8-17-13-12(15-14(17)19)9(3)16-18(13)5-2/h6-7H,4-5,8H2,1-3H3,(H,15,19). The number of aryl methyl sites for hydroxylation is 3. The zero-order valence-corrected chi connectivity index (χ0v) is 13.6. The molecule has 106 valence electrons. The first-order chi connectivity index (χ1) is 9.63. The second-order valence-electron chi connectivity index (χ2n) is 4.84. The first kappa shape index (κ1) is 13.6. The van der Waals surface area contributed by atoms with Gasteiger partial charge in [-0.3, -0.25) is 4.57 Å². The number of nitrogens with zero attached hydrogens (tertiary/aromatic N) is 3. The predicted octanol–water partition coefficient (Wildman–Crippen LogP) is 3.90. The van der Waals surface area contributed by atoms with Crippen LogP contribution in [0.2, 0.25) is 0 Å².